The van der Waals surface area contributed by atoms with Crippen molar-refractivity contribution in [2.75, 3.05) is 0 Å². The molecule has 0 aliphatic carbocycles. The Labute approximate surface area is 152 Å². The fourth-order valence-corrected chi connectivity index (χ4v) is 3.12. The third-order valence-electron chi connectivity index (χ3n) is 4.63. The summed E-state index contributed by atoms with van der Waals surface area (Å²) in [4.78, 5) is 0. The van der Waals surface area contributed by atoms with Gasteiger partial charge in [-0.05, 0) is 41.2 Å². The molecule has 0 unspecified atom stereocenters. The lowest BCUT2D eigenvalue weighted by Crippen LogP contribution is -1.97. The lowest BCUT2D eigenvalue weighted by Gasteiger charge is -2.10. The maximum absolute atomic E-state index is 14.4. The van der Waals surface area contributed by atoms with Gasteiger partial charge in [0.1, 0.15) is 5.82 Å². The second-order valence-electron chi connectivity index (χ2n) is 6.40. The first-order chi connectivity index (χ1) is 12.5. The molecule has 3 aromatic carbocycles. The van der Waals surface area contributed by atoms with Gasteiger partial charge in [0.05, 0.1) is 0 Å². The number of hydrogen-bond acceptors (Lipinski definition) is 0. The molecule has 0 aliphatic rings. The molecule has 0 aromatic heterocycles. The molecule has 0 fully saturated rings. The van der Waals surface area contributed by atoms with E-state index < -0.39 is 11.6 Å². The summed E-state index contributed by atoms with van der Waals surface area (Å²) < 4.78 is 42.9. The van der Waals surface area contributed by atoms with Gasteiger partial charge in [-0.2, -0.15) is 0 Å². The van der Waals surface area contributed by atoms with Crippen LogP contribution in [-0.2, 0) is 12.8 Å². The number of benzene rings is 3. The Morgan fingerprint density at radius 2 is 1.31 bits per heavy atom. The predicted molar refractivity (Wildman–Crippen MR) is 101 cm³/mol. The molecule has 0 aliphatic heterocycles. The van der Waals surface area contributed by atoms with Crippen LogP contribution in [-0.4, -0.2) is 0 Å². The number of halogens is 3. The van der Waals surface area contributed by atoms with Gasteiger partial charge in [-0.15, -0.1) is 0 Å². The van der Waals surface area contributed by atoms with Gasteiger partial charge in [-0.1, -0.05) is 68.8 Å². The first-order valence-corrected chi connectivity index (χ1v) is 8.91. The SMILES string of the molecule is CCCc1ccc(-c2ccc(-c3ccc(CC)cc3F)cc2)c(F)c1F. The zero-order valence-corrected chi connectivity index (χ0v) is 15.0. The lowest BCUT2D eigenvalue weighted by molar-refractivity contribution is 0.500. The van der Waals surface area contributed by atoms with Crippen LogP contribution in [0, 0.1) is 17.5 Å². The fourth-order valence-electron chi connectivity index (χ4n) is 3.12. The molecule has 26 heavy (non-hydrogen) atoms. The summed E-state index contributed by atoms with van der Waals surface area (Å²) in [6.45, 7) is 3.90. The van der Waals surface area contributed by atoms with E-state index in [0.29, 0.717) is 28.7 Å². The second kappa shape index (κ2) is 7.77. The standard InChI is InChI=1S/C23H21F3/c1-3-5-18-11-13-20(23(26)22(18)25)17-9-7-16(8-10-17)19-12-6-15(4-2)14-21(19)24/h6-14H,3-5H2,1-2H3. The van der Waals surface area contributed by atoms with E-state index in [9.17, 15) is 13.2 Å². The van der Waals surface area contributed by atoms with Crippen LogP contribution in [0.3, 0.4) is 0 Å². The van der Waals surface area contributed by atoms with Crippen LogP contribution in [0.2, 0.25) is 0 Å². The summed E-state index contributed by atoms with van der Waals surface area (Å²) in [5.41, 5.74) is 3.32. The highest BCUT2D eigenvalue weighted by molar-refractivity contribution is 5.71. The Morgan fingerprint density at radius 1 is 0.692 bits per heavy atom. The molecule has 3 aromatic rings. The minimum atomic E-state index is -0.831. The van der Waals surface area contributed by atoms with E-state index >= 15 is 0 Å². The third kappa shape index (κ3) is 3.52. The fraction of sp³-hybridized carbons (Fsp3) is 0.217. The van der Waals surface area contributed by atoms with Gasteiger partial charge < -0.3 is 0 Å². The Balaban J connectivity index is 1.94. The maximum atomic E-state index is 14.4. The molecule has 0 amide bonds. The second-order valence-corrected chi connectivity index (χ2v) is 6.40. The Bertz CT molecular complexity index is 911. The van der Waals surface area contributed by atoms with Crippen molar-refractivity contribution in [2.24, 2.45) is 0 Å². The highest BCUT2D eigenvalue weighted by Gasteiger charge is 2.14. The predicted octanol–water partition coefficient (Wildman–Crippen LogP) is 6.95. The Morgan fingerprint density at radius 3 is 1.88 bits per heavy atom. The third-order valence-corrected chi connectivity index (χ3v) is 4.63. The molecular weight excluding hydrogens is 333 g/mol. The van der Waals surface area contributed by atoms with Crippen LogP contribution < -0.4 is 0 Å². The molecule has 3 heteroatoms. The molecule has 0 saturated heterocycles. The summed E-state index contributed by atoms with van der Waals surface area (Å²) in [5, 5.41) is 0. The zero-order valence-electron chi connectivity index (χ0n) is 15.0. The van der Waals surface area contributed by atoms with E-state index in [1.807, 2.05) is 19.9 Å². The molecule has 0 atom stereocenters. The average Bonchev–Trinajstić information content (AvgIpc) is 2.66. The van der Waals surface area contributed by atoms with Crippen molar-refractivity contribution in [1.82, 2.24) is 0 Å². The van der Waals surface area contributed by atoms with E-state index in [1.165, 1.54) is 6.07 Å². The monoisotopic (exact) mass is 354 g/mol. The van der Waals surface area contributed by atoms with Gasteiger partial charge >= 0.3 is 0 Å². The number of rotatable bonds is 5. The van der Waals surface area contributed by atoms with Crippen LogP contribution >= 0.6 is 0 Å². The molecule has 3 rings (SSSR count). The van der Waals surface area contributed by atoms with Gasteiger partial charge in [0, 0.05) is 11.1 Å². The van der Waals surface area contributed by atoms with Crippen LogP contribution in [0.4, 0.5) is 13.2 Å². The van der Waals surface area contributed by atoms with Crippen molar-refractivity contribution in [3.8, 4) is 22.3 Å². The van der Waals surface area contributed by atoms with Crippen LogP contribution in [0.1, 0.15) is 31.4 Å². The number of aryl methyl sites for hydroxylation is 2. The normalized spacial score (nSPS) is 11.0. The molecule has 0 heterocycles. The summed E-state index contributed by atoms with van der Waals surface area (Å²) >= 11 is 0. The van der Waals surface area contributed by atoms with Gasteiger partial charge in [0.25, 0.3) is 0 Å². The number of hydrogen-bond donors (Lipinski definition) is 0. The van der Waals surface area contributed by atoms with E-state index in [1.54, 1.807) is 42.5 Å². The summed E-state index contributed by atoms with van der Waals surface area (Å²) in [6.07, 6.45) is 2.04. The van der Waals surface area contributed by atoms with Crippen molar-refractivity contribution >= 4 is 0 Å². The first-order valence-electron chi connectivity index (χ1n) is 8.91. The Hall–Kier alpha value is -2.55. The molecule has 0 saturated carbocycles. The molecule has 134 valence electrons. The van der Waals surface area contributed by atoms with Crippen molar-refractivity contribution < 1.29 is 13.2 Å². The zero-order chi connectivity index (χ0) is 18.7. The van der Waals surface area contributed by atoms with E-state index in [2.05, 4.69) is 0 Å². The van der Waals surface area contributed by atoms with E-state index in [0.717, 1.165) is 18.4 Å². The molecule has 0 radical (unpaired) electrons. The topological polar surface area (TPSA) is 0 Å². The van der Waals surface area contributed by atoms with Gasteiger partial charge in [-0.25, -0.2) is 13.2 Å². The molecular formula is C23H21F3. The van der Waals surface area contributed by atoms with Crippen molar-refractivity contribution in [3.05, 3.63) is 83.2 Å². The van der Waals surface area contributed by atoms with Crippen molar-refractivity contribution in [3.63, 3.8) is 0 Å². The first kappa shape index (κ1) is 18.2. The maximum Gasteiger partial charge on any atom is 0.166 e. The highest BCUT2D eigenvalue weighted by Crippen LogP contribution is 2.30. The smallest absolute Gasteiger partial charge is 0.166 e. The summed E-state index contributed by atoms with van der Waals surface area (Å²) in [6, 6.07) is 15.3. The molecule has 0 spiro atoms. The van der Waals surface area contributed by atoms with Gasteiger partial charge in [0.2, 0.25) is 0 Å². The molecule has 0 N–H and O–H groups in total. The summed E-state index contributed by atoms with van der Waals surface area (Å²) in [7, 11) is 0. The van der Waals surface area contributed by atoms with Gasteiger partial charge in [0.15, 0.2) is 11.6 Å². The van der Waals surface area contributed by atoms with Crippen molar-refractivity contribution in [1.29, 1.82) is 0 Å². The van der Waals surface area contributed by atoms with Crippen LogP contribution in [0.25, 0.3) is 22.3 Å². The van der Waals surface area contributed by atoms with Crippen LogP contribution in [0.5, 0.6) is 0 Å². The minimum absolute atomic E-state index is 0.218. The Kier molecular flexibility index (Phi) is 5.46. The molecule has 0 bridgehead atoms. The van der Waals surface area contributed by atoms with E-state index in [4.69, 9.17) is 0 Å². The quantitative estimate of drug-likeness (QED) is 0.465. The minimum Gasteiger partial charge on any atom is -0.206 e. The molecule has 0 nitrogen and oxygen atoms in total. The van der Waals surface area contributed by atoms with Crippen LogP contribution in [0.15, 0.2) is 54.6 Å². The van der Waals surface area contributed by atoms with Crippen molar-refractivity contribution in [2.45, 2.75) is 33.1 Å². The summed E-state index contributed by atoms with van der Waals surface area (Å²) in [5.74, 6) is -1.89. The lowest BCUT2D eigenvalue weighted by atomic mass is 9.97. The van der Waals surface area contributed by atoms with Gasteiger partial charge in [-0.3, -0.25) is 0 Å². The van der Waals surface area contributed by atoms with E-state index in [-0.39, 0.29) is 11.4 Å². The highest BCUT2D eigenvalue weighted by atomic mass is 19.2. The largest absolute Gasteiger partial charge is 0.206 e. The average molecular weight is 354 g/mol.